The third-order valence-corrected chi connectivity index (χ3v) is 7.11. The Bertz CT molecular complexity index is 1070. The fourth-order valence-corrected chi connectivity index (χ4v) is 5.50. The third kappa shape index (κ3) is 3.16. The molecule has 6 heteroatoms. The lowest BCUT2D eigenvalue weighted by Gasteiger charge is -2.36. The third-order valence-electron chi connectivity index (χ3n) is 5.98. The quantitative estimate of drug-likeness (QED) is 0.597. The minimum absolute atomic E-state index is 0.183. The van der Waals surface area contributed by atoms with Gasteiger partial charge in [0, 0.05) is 6.54 Å². The lowest BCUT2D eigenvalue weighted by Crippen LogP contribution is -2.44. The van der Waals surface area contributed by atoms with Crippen LogP contribution in [0.3, 0.4) is 0 Å². The van der Waals surface area contributed by atoms with E-state index in [0.717, 1.165) is 54.0 Å². The zero-order valence-corrected chi connectivity index (χ0v) is 17.2. The van der Waals surface area contributed by atoms with Crippen LogP contribution in [-0.4, -0.2) is 34.8 Å². The Morgan fingerprint density at radius 1 is 1.14 bits per heavy atom. The van der Waals surface area contributed by atoms with Crippen LogP contribution in [0.1, 0.15) is 53.2 Å². The highest BCUT2D eigenvalue weighted by Gasteiger charge is 2.38. The second-order valence-corrected chi connectivity index (χ2v) is 8.81. The van der Waals surface area contributed by atoms with Gasteiger partial charge in [-0.25, -0.2) is 4.98 Å². The molecule has 5 rings (SSSR count). The van der Waals surface area contributed by atoms with Gasteiger partial charge in [0.25, 0.3) is 5.78 Å². The van der Waals surface area contributed by atoms with Crippen molar-refractivity contribution in [1.29, 1.82) is 0 Å². The van der Waals surface area contributed by atoms with E-state index in [4.69, 9.17) is 4.98 Å². The van der Waals surface area contributed by atoms with Crippen LogP contribution < -0.4 is 4.90 Å². The number of anilines is 1. The Morgan fingerprint density at radius 2 is 2.00 bits per heavy atom. The van der Waals surface area contributed by atoms with Crippen molar-refractivity contribution in [3.63, 3.8) is 0 Å². The molecule has 0 radical (unpaired) electrons. The Balaban J connectivity index is 1.45. The number of rotatable bonds is 4. The first kappa shape index (κ1) is 18.5. The van der Waals surface area contributed by atoms with Gasteiger partial charge in [-0.15, -0.1) is 11.3 Å². The average molecular weight is 406 g/mol. The van der Waals surface area contributed by atoms with Crippen molar-refractivity contribution in [2.24, 2.45) is 0 Å². The van der Waals surface area contributed by atoms with Gasteiger partial charge >= 0.3 is 5.91 Å². The normalized spacial score (nSPS) is 19.9. The molecule has 1 fully saturated rings. The summed E-state index contributed by atoms with van der Waals surface area (Å²) < 4.78 is 1.19. The topological polar surface area (TPSA) is 53.5 Å². The molecule has 3 aromatic rings. The maximum absolute atomic E-state index is 12.8. The molecule has 0 aliphatic carbocycles. The Hall–Kier alpha value is -2.57. The monoisotopic (exact) mass is 405 g/mol. The maximum Gasteiger partial charge on any atom is 0.300 e. The lowest BCUT2D eigenvalue weighted by atomic mass is 10.0. The van der Waals surface area contributed by atoms with Crippen LogP contribution in [0.15, 0.2) is 42.5 Å². The number of piperidine rings is 1. The maximum atomic E-state index is 12.8. The summed E-state index contributed by atoms with van der Waals surface area (Å²) in [5.41, 5.74) is 3.40. The molecule has 1 amide bonds. The standard InChI is InChI=1S/C23H23N3O2S/c1-2-15-10-11-18-16(13-15)21(27)23(28)26(18)14-25-12-6-5-8-19(25)22-24-17-7-3-4-9-20(17)29-22/h3-4,7,9-11,13,19H,2,5-6,8,12,14H2,1H3/t19-/m0/s1. The van der Waals surface area contributed by atoms with E-state index in [9.17, 15) is 9.59 Å². The van der Waals surface area contributed by atoms with Crippen LogP contribution in [0.4, 0.5) is 5.69 Å². The molecule has 1 atom stereocenters. The number of carbonyl (C=O) groups is 2. The molecular weight excluding hydrogens is 382 g/mol. The molecule has 2 aliphatic rings. The molecule has 2 aromatic carbocycles. The largest absolute Gasteiger partial charge is 0.300 e. The first-order valence-corrected chi connectivity index (χ1v) is 11.1. The molecule has 1 saturated heterocycles. The average Bonchev–Trinajstić information content (AvgIpc) is 3.29. The van der Waals surface area contributed by atoms with Crippen molar-refractivity contribution >= 4 is 38.9 Å². The van der Waals surface area contributed by atoms with Crippen LogP contribution in [-0.2, 0) is 11.2 Å². The fourth-order valence-electron chi connectivity index (χ4n) is 4.36. The molecule has 0 bridgehead atoms. The number of nitrogens with zero attached hydrogens (tertiary/aromatic N) is 3. The number of thiazole rings is 1. The van der Waals surface area contributed by atoms with Gasteiger partial charge in [-0.3, -0.25) is 19.4 Å². The number of aromatic nitrogens is 1. The van der Waals surface area contributed by atoms with E-state index in [2.05, 4.69) is 17.9 Å². The fraction of sp³-hybridized carbons (Fsp3) is 0.348. The number of fused-ring (bicyclic) bond motifs is 2. The summed E-state index contributed by atoms with van der Waals surface area (Å²) in [7, 11) is 0. The first-order valence-electron chi connectivity index (χ1n) is 10.2. The van der Waals surface area contributed by atoms with Gasteiger partial charge in [0.05, 0.1) is 34.2 Å². The van der Waals surface area contributed by atoms with E-state index in [1.54, 1.807) is 16.2 Å². The molecule has 2 aliphatic heterocycles. The van der Waals surface area contributed by atoms with E-state index < -0.39 is 5.91 Å². The number of para-hydroxylation sites is 1. The van der Waals surface area contributed by atoms with Gasteiger partial charge in [0.15, 0.2) is 0 Å². The van der Waals surface area contributed by atoms with Crippen LogP contribution in [0.2, 0.25) is 0 Å². The van der Waals surface area contributed by atoms with Gasteiger partial charge in [-0.2, -0.15) is 0 Å². The predicted octanol–water partition coefficient (Wildman–Crippen LogP) is 4.57. The molecular formula is C23H23N3O2S. The van der Waals surface area contributed by atoms with Gasteiger partial charge in [0.1, 0.15) is 5.01 Å². The summed E-state index contributed by atoms with van der Waals surface area (Å²) in [4.78, 5) is 34.2. The molecule has 5 nitrogen and oxygen atoms in total. The van der Waals surface area contributed by atoms with Crippen LogP contribution in [0, 0.1) is 0 Å². The summed E-state index contributed by atoms with van der Waals surface area (Å²) in [6.45, 7) is 3.39. The van der Waals surface area contributed by atoms with Crippen LogP contribution in [0.5, 0.6) is 0 Å². The number of hydrogen-bond donors (Lipinski definition) is 0. The van der Waals surface area contributed by atoms with Crippen molar-refractivity contribution in [2.75, 3.05) is 18.1 Å². The molecule has 0 N–H and O–H groups in total. The van der Waals surface area contributed by atoms with Crippen molar-refractivity contribution in [3.05, 3.63) is 58.6 Å². The molecule has 148 valence electrons. The Kier molecular flexibility index (Phi) is 4.68. The number of benzene rings is 2. The van der Waals surface area contributed by atoms with E-state index >= 15 is 0 Å². The summed E-state index contributed by atoms with van der Waals surface area (Å²) in [5, 5.41) is 1.10. The van der Waals surface area contributed by atoms with Crippen molar-refractivity contribution in [2.45, 2.75) is 38.6 Å². The summed E-state index contributed by atoms with van der Waals surface area (Å²) in [6, 6.07) is 14.2. The number of ketones is 1. The Labute approximate surface area is 174 Å². The van der Waals surface area contributed by atoms with Crippen molar-refractivity contribution in [1.82, 2.24) is 9.88 Å². The summed E-state index contributed by atoms with van der Waals surface area (Å²) in [6.07, 6.45) is 4.12. The molecule has 0 spiro atoms. The number of likely N-dealkylation sites (tertiary alicyclic amines) is 1. The predicted molar refractivity (Wildman–Crippen MR) is 115 cm³/mol. The van der Waals surface area contributed by atoms with Crippen molar-refractivity contribution < 1.29 is 9.59 Å². The molecule has 0 saturated carbocycles. The molecule has 3 heterocycles. The highest BCUT2D eigenvalue weighted by molar-refractivity contribution is 7.18. The minimum atomic E-state index is -0.415. The SMILES string of the molecule is CCc1ccc2c(c1)C(=O)C(=O)N2CN1CCCC[C@H]1c1nc2ccccc2s1. The van der Waals surface area contributed by atoms with E-state index in [0.29, 0.717) is 12.2 Å². The van der Waals surface area contributed by atoms with Gasteiger partial charge in [-0.1, -0.05) is 31.5 Å². The highest BCUT2D eigenvalue weighted by Crippen LogP contribution is 2.37. The second kappa shape index (κ2) is 7.35. The smallest absolute Gasteiger partial charge is 0.291 e. The summed E-state index contributed by atoms with van der Waals surface area (Å²) >= 11 is 1.73. The second-order valence-electron chi connectivity index (χ2n) is 7.75. The highest BCUT2D eigenvalue weighted by atomic mass is 32.1. The molecule has 1 aromatic heterocycles. The van der Waals surface area contributed by atoms with E-state index in [1.165, 1.54) is 4.70 Å². The number of amides is 1. The molecule has 29 heavy (non-hydrogen) atoms. The lowest BCUT2D eigenvalue weighted by molar-refractivity contribution is -0.114. The zero-order chi connectivity index (χ0) is 20.0. The van der Waals surface area contributed by atoms with Gasteiger partial charge < -0.3 is 0 Å². The number of Topliss-reactive ketones (excluding diaryl/α,β-unsaturated/α-hetero) is 1. The summed E-state index contributed by atoms with van der Waals surface area (Å²) in [5.74, 6) is -0.800. The first-order chi connectivity index (χ1) is 14.2. The van der Waals surface area contributed by atoms with E-state index in [-0.39, 0.29) is 11.8 Å². The number of aryl methyl sites for hydroxylation is 1. The number of carbonyl (C=O) groups excluding carboxylic acids is 2. The minimum Gasteiger partial charge on any atom is -0.291 e. The van der Waals surface area contributed by atoms with Gasteiger partial charge in [-0.05, 0) is 49.1 Å². The number of hydrogen-bond acceptors (Lipinski definition) is 5. The van der Waals surface area contributed by atoms with Gasteiger partial charge in [0.2, 0.25) is 0 Å². The van der Waals surface area contributed by atoms with Crippen LogP contribution >= 0.6 is 11.3 Å². The van der Waals surface area contributed by atoms with Crippen molar-refractivity contribution in [3.8, 4) is 0 Å². The molecule has 0 unspecified atom stereocenters. The van der Waals surface area contributed by atoms with Crippen LogP contribution in [0.25, 0.3) is 10.2 Å². The zero-order valence-electron chi connectivity index (χ0n) is 16.4. The Morgan fingerprint density at radius 3 is 2.83 bits per heavy atom. The van der Waals surface area contributed by atoms with E-state index in [1.807, 2.05) is 36.4 Å².